The van der Waals surface area contributed by atoms with Gasteiger partial charge in [0.25, 0.3) is 0 Å². The van der Waals surface area contributed by atoms with Crippen molar-refractivity contribution in [2.45, 2.75) is 117 Å². The van der Waals surface area contributed by atoms with Crippen molar-refractivity contribution in [3.8, 4) is 17.6 Å². The molecule has 44 heavy (non-hydrogen) atoms. The highest BCUT2D eigenvalue weighted by Crippen LogP contribution is 2.39. The minimum Gasteiger partial charge on any atom is -0.489 e. The molecule has 238 valence electrons. The summed E-state index contributed by atoms with van der Waals surface area (Å²) in [6.07, 6.45) is 14.5. The standard InChI is InChI=1S/C36H49N3O4S/c1-25-8-10-27(11-9-25)34(40)39(32-21-31(16-17-36(2,3)4)44-33(32)35(41)42)28-12-14-29(15-13-28)43-30-20-26(22-37-23-30)24-38-18-6-5-7-19-38/h20-23,25,27-29H,5-15,18-19,24H2,1-4H3,(H,41,42). The number of pyridine rings is 1. The molecule has 1 aliphatic heterocycles. The fourth-order valence-electron chi connectivity index (χ4n) is 6.83. The van der Waals surface area contributed by atoms with E-state index < -0.39 is 5.97 Å². The lowest BCUT2D eigenvalue weighted by Crippen LogP contribution is -2.47. The zero-order valence-electron chi connectivity index (χ0n) is 26.9. The molecule has 2 aromatic heterocycles. The Morgan fingerprint density at radius 2 is 1.73 bits per heavy atom. The Balaban J connectivity index is 1.32. The number of carboxylic acids is 1. The van der Waals surface area contributed by atoms with Crippen LogP contribution in [0.2, 0.25) is 0 Å². The topological polar surface area (TPSA) is 83.0 Å². The third kappa shape index (κ3) is 8.63. The molecule has 1 amide bonds. The zero-order valence-corrected chi connectivity index (χ0v) is 27.8. The van der Waals surface area contributed by atoms with Crippen molar-refractivity contribution in [3.05, 3.63) is 39.8 Å². The molecule has 3 aliphatic rings. The van der Waals surface area contributed by atoms with E-state index in [1.807, 2.05) is 37.9 Å². The molecule has 2 saturated carbocycles. The molecule has 3 heterocycles. The van der Waals surface area contributed by atoms with Crippen molar-refractivity contribution in [1.29, 1.82) is 0 Å². The number of aromatic nitrogens is 1. The van der Waals surface area contributed by atoms with Crippen LogP contribution in [0, 0.1) is 29.1 Å². The number of aromatic carboxylic acids is 1. The lowest BCUT2D eigenvalue weighted by atomic mass is 9.81. The molecule has 7 nitrogen and oxygen atoms in total. The van der Waals surface area contributed by atoms with Crippen LogP contribution in [-0.4, -0.2) is 52.1 Å². The van der Waals surface area contributed by atoms with Crippen LogP contribution in [0.5, 0.6) is 5.75 Å². The molecule has 0 aromatic carbocycles. The average molecular weight is 620 g/mol. The van der Waals surface area contributed by atoms with Crippen LogP contribution in [0.25, 0.3) is 0 Å². The van der Waals surface area contributed by atoms with Crippen molar-refractivity contribution < 1.29 is 19.4 Å². The number of rotatable bonds is 8. The van der Waals surface area contributed by atoms with Crippen LogP contribution in [0.4, 0.5) is 5.69 Å². The summed E-state index contributed by atoms with van der Waals surface area (Å²) in [5, 5.41) is 10.2. The fraction of sp³-hybridized carbons (Fsp3) is 0.639. The first-order valence-corrected chi connectivity index (χ1v) is 17.4. The van der Waals surface area contributed by atoms with E-state index in [1.54, 1.807) is 6.20 Å². The summed E-state index contributed by atoms with van der Waals surface area (Å²) in [4.78, 5) is 36.4. The molecule has 0 atom stereocenters. The summed E-state index contributed by atoms with van der Waals surface area (Å²) in [6, 6.07) is 3.90. The van der Waals surface area contributed by atoms with E-state index in [0.717, 1.165) is 76.8 Å². The summed E-state index contributed by atoms with van der Waals surface area (Å²) < 4.78 is 6.44. The first kappa shape index (κ1) is 32.5. The summed E-state index contributed by atoms with van der Waals surface area (Å²) in [5.74, 6) is 6.85. The molecule has 0 radical (unpaired) electrons. The third-order valence-corrected chi connectivity index (χ3v) is 10.3. The number of ether oxygens (including phenoxy) is 1. The molecule has 1 saturated heterocycles. The molecule has 0 bridgehead atoms. The van der Waals surface area contributed by atoms with Gasteiger partial charge < -0.3 is 14.7 Å². The van der Waals surface area contributed by atoms with Crippen LogP contribution in [0.1, 0.15) is 118 Å². The zero-order chi connectivity index (χ0) is 31.3. The van der Waals surface area contributed by atoms with Gasteiger partial charge in [0.2, 0.25) is 5.91 Å². The SMILES string of the molecule is CC1CCC(C(=O)N(c2cc(C#CC(C)(C)C)sc2C(=O)O)C2CCC(Oc3cncc(CN4CCCCC4)c3)CC2)CC1. The first-order valence-electron chi connectivity index (χ1n) is 16.6. The van der Waals surface area contributed by atoms with E-state index in [-0.39, 0.29) is 34.3 Å². The maximum Gasteiger partial charge on any atom is 0.348 e. The number of carboxylic acid groups (broad SMARTS) is 1. The second-order valence-electron chi connectivity index (χ2n) is 14.2. The van der Waals surface area contributed by atoms with Crippen molar-refractivity contribution in [2.75, 3.05) is 18.0 Å². The molecule has 3 fully saturated rings. The Morgan fingerprint density at radius 3 is 2.39 bits per heavy atom. The predicted octanol–water partition coefficient (Wildman–Crippen LogP) is 7.77. The number of hydrogen-bond donors (Lipinski definition) is 1. The van der Waals surface area contributed by atoms with Crippen LogP contribution in [-0.2, 0) is 11.3 Å². The Bertz CT molecular complexity index is 1350. The lowest BCUT2D eigenvalue weighted by molar-refractivity contribution is -0.124. The predicted molar refractivity (Wildman–Crippen MR) is 176 cm³/mol. The van der Waals surface area contributed by atoms with Crippen molar-refractivity contribution >= 4 is 28.9 Å². The van der Waals surface area contributed by atoms with Gasteiger partial charge in [-0.2, -0.15) is 0 Å². The number of likely N-dealkylation sites (tertiary alicyclic amines) is 1. The molecule has 0 spiro atoms. The van der Waals surface area contributed by atoms with Crippen LogP contribution < -0.4 is 9.64 Å². The fourth-order valence-corrected chi connectivity index (χ4v) is 7.67. The van der Waals surface area contributed by atoms with Crippen molar-refractivity contribution in [1.82, 2.24) is 9.88 Å². The molecule has 5 rings (SSSR count). The van der Waals surface area contributed by atoms with Gasteiger partial charge in [-0.15, -0.1) is 11.3 Å². The van der Waals surface area contributed by atoms with E-state index in [2.05, 4.69) is 34.7 Å². The lowest BCUT2D eigenvalue weighted by Gasteiger charge is -2.39. The van der Waals surface area contributed by atoms with Gasteiger partial charge in [0.05, 0.1) is 22.9 Å². The van der Waals surface area contributed by atoms with Crippen LogP contribution in [0.3, 0.4) is 0 Å². The van der Waals surface area contributed by atoms with Gasteiger partial charge in [0, 0.05) is 30.1 Å². The number of hydrogen-bond acceptors (Lipinski definition) is 6. The summed E-state index contributed by atoms with van der Waals surface area (Å²) in [7, 11) is 0. The van der Waals surface area contributed by atoms with Gasteiger partial charge in [-0.25, -0.2) is 4.79 Å². The number of nitrogens with zero attached hydrogens (tertiary/aromatic N) is 3. The molecular weight excluding hydrogens is 570 g/mol. The number of piperidine rings is 1. The summed E-state index contributed by atoms with van der Waals surface area (Å²) in [5.41, 5.74) is 1.49. The van der Waals surface area contributed by atoms with Gasteiger partial charge in [-0.05, 0) is 122 Å². The van der Waals surface area contributed by atoms with Crippen LogP contribution >= 0.6 is 11.3 Å². The van der Waals surface area contributed by atoms with Gasteiger partial charge in [-0.3, -0.25) is 14.7 Å². The molecule has 1 N–H and O–H groups in total. The molecule has 2 aliphatic carbocycles. The van der Waals surface area contributed by atoms with E-state index >= 15 is 0 Å². The van der Waals surface area contributed by atoms with Gasteiger partial charge >= 0.3 is 5.97 Å². The second kappa shape index (κ2) is 14.5. The summed E-state index contributed by atoms with van der Waals surface area (Å²) in [6.45, 7) is 11.5. The number of carbonyl (C=O) groups is 2. The van der Waals surface area contributed by atoms with E-state index in [9.17, 15) is 14.7 Å². The molecule has 8 heteroatoms. The van der Waals surface area contributed by atoms with Crippen LogP contribution in [0.15, 0.2) is 24.5 Å². The van der Waals surface area contributed by atoms with E-state index in [1.165, 1.54) is 36.2 Å². The Labute approximate surface area is 267 Å². The molecule has 2 aromatic rings. The minimum atomic E-state index is -1.00. The van der Waals surface area contributed by atoms with E-state index in [0.29, 0.717) is 16.5 Å². The largest absolute Gasteiger partial charge is 0.489 e. The van der Waals surface area contributed by atoms with Gasteiger partial charge in [0.15, 0.2) is 0 Å². The van der Waals surface area contributed by atoms with Crippen molar-refractivity contribution in [3.63, 3.8) is 0 Å². The number of carbonyl (C=O) groups excluding carboxylic acids is 1. The average Bonchev–Trinajstić information content (AvgIpc) is 3.42. The Hall–Kier alpha value is -2.89. The third-order valence-electron chi connectivity index (χ3n) is 9.27. The van der Waals surface area contributed by atoms with Gasteiger partial charge in [-0.1, -0.05) is 25.2 Å². The van der Waals surface area contributed by atoms with E-state index in [4.69, 9.17) is 4.74 Å². The number of amides is 1. The molecular formula is C36H49N3O4S. The highest BCUT2D eigenvalue weighted by atomic mass is 32.1. The van der Waals surface area contributed by atoms with Gasteiger partial charge in [0.1, 0.15) is 10.6 Å². The maximum absolute atomic E-state index is 14.2. The highest BCUT2D eigenvalue weighted by molar-refractivity contribution is 7.15. The smallest absolute Gasteiger partial charge is 0.348 e. The quantitative estimate of drug-likeness (QED) is 0.304. The second-order valence-corrected chi connectivity index (χ2v) is 15.3. The Morgan fingerprint density at radius 1 is 1.02 bits per heavy atom. The highest BCUT2D eigenvalue weighted by Gasteiger charge is 2.38. The monoisotopic (exact) mass is 619 g/mol. The first-order chi connectivity index (χ1) is 21.1. The van der Waals surface area contributed by atoms with Crippen molar-refractivity contribution in [2.24, 2.45) is 17.3 Å². The summed E-state index contributed by atoms with van der Waals surface area (Å²) >= 11 is 1.18. The Kier molecular flexibility index (Phi) is 10.7. The number of thiophene rings is 1. The minimum absolute atomic E-state index is 0.0420. The molecule has 0 unspecified atom stereocenters. The number of anilines is 1. The normalized spacial score (nSPS) is 24.6. The maximum atomic E-state index is 14.2.